The molecule has 108 valence electrons. The Balaban J connectivity index is 2.14. The third-order valence-corrected chi connectivity index (χ3v) is 5.26. The number of benzene rings is 1. The lowest BCUT2D eigenvalue weighted by atomic mass is 9.93. The minimum absolute atomic E-state index is 0.0474. The molecular formula is C15H19BrN2O2. The quantitative estimate of drug-likeness (QED) is 0.935. The molecule has 1 saturated carbocycles. The van der Waals surface area contributed by atoms with E-state index in [0.717, 1.165) is 21.1 Å². The van der Waals surface area contributed by atoms with Crippen molar-refractivity contribution in [3.05, 3.63) is 32.7 Å². The maximum Gasteiger partial charge on any atom is 0.328 e. The van der Waals surface area contributed by atoms with Gasteiger partial charge in [0.1, 0.15) is 0 Å². The van der Waals surface area contributed by atoms with Crippen molar-refractivity contribution in [1.29, 1.82) is 0 Å². The Labute approximate surface area is 126 Å². The lowest BCUT2D eigenvalue weighted by molar-refractivity contribution is 0.105. The molecule has 20 heavy (non-hydrogen) atoms. The fraction of sp³-hybridized carbons (Fsp3) is 0.533. The number of aliphatic hydroxyl groups excluding tert-OH is 1. The van der Waals surface area contributed by atoms with Crippen molar-refractivity contribution >= 4 is 27.0 Å². The molecule has 2 atom stereocenters. The monoisotopic (exact) mass is 338 g/mol. The second kappa shape index (κ2) is 4.74. The van der Waals surface area contributed by atoms with E-state index in [-0.39, 0.29) is 11.6 Å². The van der Waals surface area contributed by atoms with Crippen molar-refractivity contribution in [2.24, 2.45) is 25.9 Å². The van der Waals surface area contributed by atoms with Crippen molar-refractivity contribution in [1.82, 2.24) is 9.13 Å². The second-order valence-electron chi connectivity index (χ2n) is 5.90. The molecule has 0 bridgehead atoms. The summed E-state index contributed by atoms with van der Waals surface area (Å²) < 4.78 is 4.12. The summed E-state index contributed by atoms with van der Waals surface area (Å²) in [6, 6.07) is 3.86. The van der Waals surface area contributed by atoms with E-state index >= 15 is 0 Å². The van der Waals surface area contributed by atoms with Gasteiger partial charge in [0.2, 0.25) is 0 Å². The molecule has 0 saturated heterocycles. The lowest BCUT2D eigenvalue weighted by Crippen LogP contribution is -2.19. The van der Waals surface area contributed by atoms with E-state index in [4.69, 9.17) is 0 Å². The molecule has 1 N–H and O–H groups in total. The first kappa shape index (κ1) is 13.9. The highest BCUT2D eigenvalue weighted by atomic mass is 79.9. The summed E-state index contributed by atoms with van der Waals surface area (Å²) in [5.41, 5.74) is 2.56. The van der Waals surface area contributed by atoms with Gasteiger partial charge in [0, 0.05) is 18.6 Å². The highest BCUT2D eigenvalue weighted by Crippen LogP contribution is 2.44. The number of nitrogens with zero attached hydrogens (tertiary/aromatic N) is 2. The standard InChI is InChI=1S/C15H19BrN2O2/c1-8(9-4-5-9)14(19)10-6-12-13(7-11(10)16)18(3)15(20)17(12)2/h6-9,14,19H,4-5H2,1-3H3. The van der Waals surface area contributed by atoms with E-state index in [2.05, 4.69) is 22.9 Å². The van der Waals surface area contributed by atoms with Crippen LogP contribution in [0.15, 0.2) is 21.4 Å². The van der Waals surface area contributed by atoms with Crippen molar-refractivity contribution < 1.29 is 5.11 Å². The van der Waals surface area contributed by atoms with Gasteiger partial charge in [0.15, 0.2) is 0 Å². The zero-order valence-electron chi connectivity index (χ0n) is 11.9. The van der Waals surface area contributed by atoms with E-state index < -0.39 is 6.10 Å². The fourth-order valence-electron chi connectivity index (χ4n) is 2.93. The Morgan fingerprint density at radius 2 is 1.80 bits per heavy atom. The highest BCUT2D eigenvalue weighted by molar-refractivity contribution is 9.10. The molecule has 0 spiro atoms. The molecular weight excluding hydrogens is 320 g/mol. The first-order valence-electron chi connectivity index (χ1n) is 6.94. The molecule has 0 amide bonds. The highest BCUT2D eigenvalue weighted by Gasteiger charge is 2.34. The van der Waals surface area contributed by atoms with Gasteiger partial charge in [-0.05, 0) is 42.4 Å². The summed E-state index contributed by atoms with van der Waals surface area (Å²) in [5.74, 6) is 0.886. The van der Waals surface area contributed by atoms with E-state index in [1.165, 1.54) is 12.8 Å². The first-order chi connectivity index (χ1) is 9.41. The number of imidazole rings is 1. The van der Waals surface area contributed by atoms with Crippen LogP contribution in [0.1, 0.15) is 31.4 Å². The maximum absolute atomic E-state index is 12.0. The number of aliphatic hydroxyl groups is 1. The van der Waals surface area contributed by atoms with Gasteiger partial charge >= 0.3 is 5.69 Å². The summed E-state index contributed by atoms with van der Waals surface area (Å²) in [6.07, 6.45) is 1.93. The largest absolute Gasteiger partial charge is 0.388 e. The third-order valence-electron chi connectivity index (χ3n) is 4.57. The van der Waals surface area contributed by atoms with Gasteiger partial charge in [-0.3, -0.25) is 9.13 Å². The van der Waals surface area contributed by atoms with Gasteiger partial charge in [0.25, 0.3) is 0 Å². The predicted octanol–water partition coefficient (Wildman–Crippen LogP) is 2.72. The van der Waals surface area contributed by atoms with Crippen molar-refractivity contribution in [2.75, 3.05) is 0 Å². The van der Waals surface area contributed by atoms with Gasteiger partial charge in [-0.15, -0.1) is 0 Å². The van der Waals surface area contributed by atoms with Gasteiger partial charge < -0.3 is 5.11 Å². The lowest BCUT2D eigenvalue weighted by Gasteiger charge is -2.20. The summed E-state index contributed by atoms with van der Waals surface area (Å²) in [7, 11) is 3.53. The molecule has 1 aliphatic carbocycles. The average molecular weight is 339 g/mol. The molecule has 3 rings (SSSR count). The van der Waals surface area contributed by atoms with Crippen LogP contribution in [-0.4, -0.2) is 14.2 Å². The summed E-state index contributed by atoms with van der Waals surface area (Å²) in [6.45, 7) is 2.10. The number of hydrogen-bond acceptors (Lipinski definition) is 2. The van der Waals surface area contributed by atoms with Crippen molar-refractivity contribution in [2.45, 2.75) is 25.9 Å². The van der Waals surface area contributed by atoms with Crippen LogP contribution in [0.3, 0.4) is 0 Å². The van der Waals surface area contributed by atoms with E-state index in [1.807, 2.05) is 12.1 Å². The fourth-order valence-corrected chi connectivity index (χ4v) is 3.49. The molecule has 2 unspecified atom stereocenters. The molecule has 1 heterocycles. The second-order valence-corrected chi connectivity index (χ2v) is 6.76. The van der Waals surface area contributed by atoms with Crippen LogP contribution < -0.4 is 5.69 Å². The number of aromatic nitrogens is 2. The molecule has 4 nitrogen and oxygen atoms in total. The Morgan fingerprint density at radius 3 is 2.35 bits per heavy atom. The van der Waals surface area contributed by atoms with Crippen molar-refractivity contribution in [3.8, 4) is 0 Å². The summed E-state index contributed by atoms with van der Waals surface area (Å²) in [4.78, 5) is 12.0. The molecule has 1 aromatic carbocycles. The number of aryl methyl sites for hydroxylation is 2. The van der Waals surface area contributed by atoms with Crippen LogP contribution >= 0.6 is 15.9 Å². The molecule has 1 aliphatic rings. The van der Waals surface area contributed by atoms with Crippen LogP contribution in [0.4, 0.5) is 0 Å². The van der Waals surface area contributed by atoms with Gasteiger partial charge in [-0.25, -0.2) is 4.79 Å². The summed E-state index contributed by atoms with van der Waals surface area (Å²) in [5, 5.41) is 10.6. The number of rotatable bonds is 3. The van der Waals surface area contributed by atoms with E-state index in [1.54, 1.807) is 23.2 Å². The molecule has 1 aromatic heterocycles. The number of hydrogen-bond donors (Lipinski definition) is 1. The Hall–Kier alpha value is -1.07. The van der Waals surface area contributed by atoms with Crippen molar-refractivity contribution in [3.63, 3.8) is 0 Å². The molecule has 2 aromatic rings. The zero-order chi connectivity index (χ0) is 14.6. The van der Waals surface area contributed by atoms with E-state index in [0.29, 0.717) is 5.92 Å². The maximum atomic E-state index is 12.0. The SMILES string of the molecule is CC(C1CC1)C(O)c1cc2c(cc1Br)n(C)c(=O)n2C. The minimum Gasteiger partial charge on any atom is -0.388 e. The van der Waals surface area contributed by atoms with Gasteiger partial charge in [0.05, 0.1) is 17.1 Å². The van der Waals surface area contributed by atoms with Crippen LogP contribution in [0.5, 0.6) is 0 Å². The van der Waals surface area contributed by atoms with E-state index in [9.17, 15) is 9.90 Å². The van der Waals surface area contributed by atoms with Crippen LogP contribution in [-0.2, 0) is 14.1 Å². The molecule has 1 fully saturated rings. The minimum atomic E-state index is -0.489. The summed E-state index contributed by atoms with van der Waals surface area (Å²) >= 11 is 3.54. The smallest absolute Gasteiger partial charge is 0.328 e. The average Bonchev–Trinajstić information content (AvgIpc) is 3.24. The Morgan fingerprint density at radius 1 is 1.25 bits per heavy atom. The van der Waals surface area contributed by atoms with Crippen LogP contribution in [0, 0.1) is 11.8 Å². The third kappa shape index (κ3) is 2.04. The van der Waals surface area contributed by atoms with Crippen LogP contribution in [0.2, 0.25) is 0 Å². The first-order valence-corrected chi connectivity index (χ1v) is 7.74. The Kier molecular flexibility index (Phi) is 3.29. The molecule has 0 aliphatic heterocycles. The Bertz CT molecular complexity index is 728. The predicted molar refractivity (Wildman–Crippen MR) is 82.7 cm³/mol. The van der Waals surface area contributed by atoms with Gasteiger partial charge in [-0.2, -0.15) is 0 Å². The topological polar surface area (TPSA) is 47.2 Å². The normalized spacial score (nSPS) is 18.4. The zero-order valence-corrected chi connectivity index (χ0v) is 13.5. The molecule has 0 radical (unpaired) electrons. The van der Waals surface area contributed by atoms with Gasteiger partial charge in [-0.1, -0.05) is 22.9 Å². The number of fused-ring (bicyclic) bond motifs is 1. The molecule has 5 heteroatoms. The number of halogens is 1. The van der Waals surface area contributed by atoms with Crippen LogP contribution in [0.25, 0.3) is 11.0 Å².